The van der Waals surface area contributed by atoms with Crippen molar-refractivity contribution in [2.45, 2.75) is 173 Å². The van der Waals surface area contributed by atoms with Crippen LogP contribution in [0.1, 0.15) is 150 Å². The Hall–Kier alpha value is -4.40. The monoisotopic (exact) mass is 969 g/mol. The summed E-state index contributed by atoms with van der Waals surface area (Å²) in [6.07, 6.45) is 3.25. The van der Waals surface area contributed by atoms with Gasteiger partial charge in [0.05, 0.1) is 45.1 Å². The molecule has 0 aromatic heterocycles. The molecule has 5 N–H and O–H groups in total. The van der Waals surface area contributed by atoms with Gasteiger partial charge < -0.3 is 59.5 Å². The summed E-state index contributed by atoms with van der Waals surface area (Å²) in [5.41, 5.74) is -3.06. The first-order chi connectivity index (χ1) is 30.5. The topological polar surface area (TPSA) is 270 Å². The molecule has 396 valence electrons. The van der Waals surface area contributed by atoms with Crippen LogP contribution in [0.3, 0.4) is 0 Å². The summed E-state index contributed by atoms with van der Waals surface area (Å²) in [5.74, 6) is -1.65. The van der Waals surface area contributed by atoms with E-state index in [-0.39, 0.29) is 69.1 Å². The van der Waals surface area contributed by atoms with Gasteiger partial charge in [-0.1, -0.05) is 34.6 Å². The first-order valence-corrected chi connectivity index (χ1v) is 22.4. The van der Waals surface area contributed by atoms with Gasteiger partial charge in [0.2, 0.25) is 24.1 Å². The van der Waals surface area contributed by atoms with Gasteiger partial charge in [0.25, 0.3) is 12.9 Å². The zero-order valence-electron chi connectivity index (χ0n) is 42.9. The van der Waals surface area contributed by atoms with Crippen LogP contribution in [0, 0.1) is 10.8 Å². The lowest BCUT2D eigenvalue weighted by Gasteiger charge is -2.35. The number of ether oxygens (including phenoxy) is 7. The Balaban J connectivity index is -0.000000374. The van der Waals surface area contributed by atoms with Gasteiger partial charge in [0.1, 0.15) is 29.5 Å². The van der Waals surface area contributed by atoms with Crippen molar-refractivity contribution in [1.29, 1.82) is 0 Å². The summed E-state index contributed by atoms with van der Waals surface area (Å²) in [6, 6.07) is -0.986. The number of amides is 4. The van der Waals surface area contributed by atoms with Gasteiger partial charge in [-0.2, -0.15) is 0 Å². The molecule has 0 aromatic rings. The molecule has 1 atom stereocenters. The Morgan fingerprint density at radius 2 is 1.13 bits per heavy atom. The fraction of sp³-hybridized carbons (Fsp3) is 0.830. The smallest absolute Gasteiger partial charge is 0.329 e. The molecule has 0 aromatic carbocycles. The highest BCUT2D eigenvalue weighted by atomic mass is 16.6. The van der Waals surface area contributed by atoms with Crippen molar-refractivity contribution in [3.05, 3.63) is 0 Å². The van der Waals surface area contributed by atoms with Crippen molar-refractivity contribution in [3.8, 4) is 0 Å². The van der Waals surface area contributed by atoms with E-state index >= 15 is 0 Å². The zero-order valence-corrected chi connectivity index (χ0v) is 42.9. The molecular formula is C47H92N4O16. The molecule has 0 saturated carbocycles. The molecule has 20 nitrogen and oxygen atoms in total. The van der Waals surface area contributed by atoms with Crippen molar-refractivity contribution in [3.63, 3.8) is 0 Å². The van der Waals surface area contributed by atoms with E-state index in [1.54, 1.807) is 34.6 Å². The molecule has 0 rings (SSSR count). The molecule has 4 amide bonds. The summed E-state index contributed by atoms with van der Waals surface area (Å²) < 4.78 is 36.4. The third kappa shape index (κ3) is 54.1. The second-order valence-corrected chi connectivity index (χ2v) is 19.1. The number of hydrogen-bond acceptors (Lipinski definition) is 15. The van der Waals surface area contributed by atoms with Crippen LogP contribution in [-0.2, 0) is 71.5 Å². The second-order valence-electron chi connectivity index (χ2n) is 19.1. The first kappa shape index (κ1) is 71.6. The number of esters is 2. The predicted octanol–water partition coefficient (Wildman–Crippen LogP) is 4.91. The lowest BCUT2D eigenvalue weighted by Crippen LogP contribution is -2.46. The fourth-order valence-corrected chi connectivity index (χ4v) is 5.21. The predicted molar refractivity (Wildman–Crippen MR) is 256 cm³/mol. The quantitative estimate of drug-likeness (QED) is 0.0277. The minimum Gasteiger partial charge on any atom is -0.483 e. The third-order valence-electron chi connectivity index (χ3n) is 7.68. The van der Waals surface area contributed by atoms with E-state index in [2.05, 4.69) is 32.9 Å². The third-order valence-corrected chi connectivity index (χ3v) is 7.68. The molecule has 1 unspecified atom stereocenters. The van der Waals surface area contributed by atoms with E-state index < -0.39 is 34.0 Å². The Kier molecular flexibility index (Phi) is 43.4. The maximum Gasteiger partial charge on any atom is 0.329 e. The number of carbonyl (C=O) groups is 8. The van der Waals surface area contributed by atoms with Crippen LogP contribution in [0.25, 0.3) is 0 Å². The van der Waals surface area contributed by atoms with Crippen LogP contribution in [0.4, 0.5) is 0 Å². The molecule has 0 spiro atoms. The van der Waals surface area contributed by atoms with Gasteiger partial charge in [0.15, 0.2) is 0 Å². The van der Waals surface area contributed by atoms with Gasteiger partial charge in [-0.05, 0) is 108 Å². The van der Waals surface area contributed by atoms with Gasteiger partial charge in [-0.3, -0.25) is 33.6 Å². The van der Waals surface area contributed by atoms with Crippen LogP contribution in [0.2, 0.25) is 0 Å². The van der Waals surface area contributed by atoms with E-state index in [9.17, 15) is 33.6 Å². The highest BCUT2D eigenvalue weighted by Crippen LogP contribution is 2.38. The van der Waals surface area contributed by atoms with E-state index in [4.69, 9.17) is 38.3 Å². The van der Waals surface area contributed by atoms with Crippen LogP contribution in [0.5, 0.6) is 0 Å². The maximum atomic E-state index is 13.0. The van der Waals surface area contributed by atoms with Crippen molar-refractivity contribution in [1.82, 2.24) is 21.3 Å². The average Bonchev–Trinajstić information content (AvgIpc) is 3.15. The van der Waals surface area contributed by atoms with Crippen molar-refractivity contribution < 1.29 is 76.6 Å². The molecule has 0 fully saturated rings. The molecule has 0 aliphatic rings. The molecule has 0 bridgehead atoms. The molecular weight excluding hydrogens is 877 g/mol. The summed E-state index contributed by atoms with van der Waals surface area (Å²) in [5, 5.41) is 17.6. The number of nitrogens with one attached hydrogen (secondary N) is 4. The van der Waals surface area contributed by atoms with Crippen molar-refractivity contribution >= 4 is 49.0 Å². The average molecular weight is 969 g/mol. The van der Waals surface area contributed by atoms with Gasteiger partial charge in [0, 0.05) is 39.1 Å². The minimum absolute atomic E-state index is 0. The Labute approximate surface area is 402 Å². The van der Waals surface area contributed by atoms with Crippen LogP contribution in [-0.4, -0.2) is 149 Å². The number of hydrogen-bond donors (Lipinski definition) is 5. The second kappa shape index (κ2) is 40.6. The minimum atomic E-state index is -0.986. The standard InChI is InChI=1S/C29H54N2O8.C11H22N2O4.C5H10O2.CH2O2.CH4/c1-12-36-17-18-37-16-15-30-22(32)14-13-21(24(34)38-26(2,3)4)31-23(33)19-28(8,9)20-29(10,11)25(35)39-27(5,6)7;1-2-3-4-13-11(15)9-17-8-7-16-6-5-12-10-14;1-5(2,3)7-4-6;2-1-3;/h21H,12-20H2,1-11H3,(H,30,32)(H,31,33);10H,2-9H2,1H3,(H,12,14)(H,13,15);4H,1-3H3;1H,(H,2,3);1H4. The number of unbranched alkanes of at least 4 members (excludes halogenated alkanes) is 1. The highest BCUT2D eigenvalue weighted by molar-refractivity contribution is 5.86. The molecule has 0 aliphatic heterocycles. The first-order valence-electron chi connectivity index (χ1n) is 22.4. The normalized spacial score (nSPS) is 11.6. The Bertz CT molecular complexity index is 1340. The van der Waals surface area contributed by atoms with E-state index in [1.165, 1.54) is 0 Å². The zero-order chi connectivity index (χ0) is 51.9. The Morgan fingerprint density at radius 1 is 0.627 bits per heavy atom. The summed E-state index contributed by atoms with van der Waals surface area (Å²) in [6.45, 7) is 32.4. The molecule has 67 heavy (non-hydrogen) atoms. The number of carboxylic acid groups (broad SMARTS) is 1. The van der Waals surface area contributed by atoms with Gasteiger partial charge in [-0.15, -0.1) is 0 Å². The number of rotatable bonds is 30. The van der Waals surface area contributed by atoms with Crippen LogP contribution in [0.15, 0.2) is 0 Å². The van der Waals surface area contributed by atoms with E-state index in [0.29, 0.717) is 85.2 Å². The SMILES string of the molecule is C.CC(C)(C)OC=O.CCCCNC(=O)COCCOCCNC=O.CCOCCOCCNC(=O)CCC(NC(=O)CC(C)(C)CC(C)(C)C(=O)OC(C)(C)C)C(=O)OC(C)(C)C.O=CO. The van der Waals surface area contributed by atoms with Crippen LogP contribution >= 0.6 is 0 Å². The van der Waals surface area contributed by atoms with Gasteiger partial charge >= 0.3 is 11.9 Å². The molecule has 0 radical (unpaired) electrons. The van der Waals surface area contributed by atoms with E-state index in [1.807, 2.05) is 62.3 Å². The summed E-state index contributed by atoms with van der Waals surface area (Å²) in [7, 11) is 0. The maximum absolute atomic E-state index is 13.0. The highest BCUT2D eigenvalue weighted by Gasteiger charge is 2.39. The fourth-order valence-electron chi connectivity index (χ4n) is 5.21. The van der Waals surface area contributed by atoms with Gasteiger partial charge in [-0.25, -0.2) is 4.79 Å². The molecule has 20 heteroatoms. The van der Waals surface area contributed by atoms with Crippen molar-refractivity contribution in [2.75, 3.05) is 72.5 Å². The molecule has 0 saturated heterocycles. The number of carbonyl (C=O) groups excluding carboxylic acids is 7. The van der Waals surface area contributed by atoms with E-state index in [0.717, 1.165) is 12.8 Å². The molecule has 0 heterocycles. The lowest BCUT2D eigenvalue weighted by molar-refractivity contribution is -0.167. The molecule has 0 aliphatic carbocycles. The van der Waals surface area contributed by atoms with Crippen LogP contribution < -0.4 is 21.3 Å². The Morgan fingerprint density at radius 3 is 1.60 bits per heavy atom. The summed E-state index contributed by atoms with van der Waals surface area (Å²) in [4.78, 5) is 89.9. The largest absolute Gasteiger partial charge is 0.483 e. The van der Waals surface area contributed by atoms with Crippen molar-refractivity contribution in [2.24, 2.45) is 10.8 Å². The summed E-state index contributed by atoms with van der Waals surface area (Å²) >= 11 is 0. The lowest BCUT2D eigenvalue weighted by atomic mass is 9.73.